The molecular weight excluding hydrogens is 346 g/mol. The fourth-order valence-electron chi connectivity index (χ4n) is 3.48. The number of ketones is 1. The van der Waals surface area contributed by atoms with Crippen molar-refractivity contribution in [1.82, 2.24) is 10.3 Å². The van der Waals surface area contributed by atoms with E-state index < -0.39 is 0 Å². The number of amides is 3. The molecule has 2 heterocycles. The van der Waals surface area contributed by atoms with Crippen LogP contribution in [-0.4, -0.2) is 28.5 Å². The highest BCUT2D eigenvalue weighted by Crippen LogP contribution is 2.21. The predicted molar refractivity (Wildman–Crippen MR) is 99.6 cm³/mol. The van der Waals surface area contributed by atoms with E-state index in [2.05, 4.69) is 15.6 Å². The lowest BCUT2D eigenvalue weighted by Gasteiger charge is -2.08. The molecule has 3 amide bonds. The monoisotopic (exact) mass is 367 g/mol. The van der Waals surface area contributed by atoms with E-state index >= 15 is 0 Å². The standard InChI is InChI=1S/C20H21N3O4/c1-10-17(12(3)24)11(2)21-18(10)20(27)22-15-6-4-13(5-7-15)8-14-9-16(25)23-19(14)26/h4-7,14,21H,8-9H2,1-3H3,(H,22,27)(H,23,25,26). The molecule has 1 atom stereocenters. The average molecular weight is 367 g/mol. The van der Waals surface area contributed by atoms with E-state index in [1.807, 2.05) is 12.1 Å². The van der Waals surface area contributed by atoms with Gasteiger partial charge in [-0.15, -0.1) is 0 Å². The van der Waals surface area contributed by atoms with Crippen molar-refractivity contribution in [1.29, 1.82) is 0 Å². The van der Waals surface area contributed by atoms with E-state index in [9.17, 15) is 19.2 Å². The Morgan fingerprint density at radius 3 is 2.33 bits per heavy atom. The molecule has 0 bridgehead atoms. The summed E-state index contributed by atoms with van der Waals surface area (Å²) in [5.74, 6) is -1.23. The van der Waals surface area contributed by atoms with Crippen LogP contribution in [0.5, 0.6) is 0 Å². The summed E-state index contributed by atoms with van der Waals surface area (Å²) in [5.41, 5.74) is 3.72. The zero-order valence-corrected chi connectivity index (χ0v) is 15.4. The summed E-state index contributed by atoms with van der Waals surface area (Å²) in [6, 6.07) is 7.14. The molecule has 0 saturated carbocycles. The van der Waals surface area contributed by atoms with Crippen LogP contribution >= 0.6 is 0 Å². The number of anilines is 1. The van der Waals surface area contributed by atoms with Gasteiger partial charge in [-0.2, -0.15) is 0 Å². The fourth-order valence-corrected chi connectivity index (χ4v) is 3.48. The number of H-pyrrole nitrogens is 1. The number of aromatic nitrogens is 1. The maximum Gasteiger partial charge on any atom is 0.272 e. The average Bonchev–Trinajstić information content (AvgIpc) is 3.07. The highest BCUT2D eigenvalue weighted by Gasteiger charge is 2.30. The highest BCUT2D eigenvalue weighted by atomic mass is 16.2. The molecule has 1 fully saturated rings. The molecule has 1 saturated heterocycles. The molecule has 1 unspecified atom stereocenters. The number of aryl methyl sites for hydroxylation is 1. The third-order valence-electron chi connectivity index (χ3n) is 4.78. The van der Waals surface area contributed by atoms with Crippen molar-refractivity contribution in [3.05, 3.63) is 52.3 Å². The largest absolute Gasteiger partial charge is 0.354 e. The lowest BCUT2D eigenvalue weighted by molar-refractivity contribution is -0.125. The van der Waals surface area contributed by atoms with Crippen LogP contribution in [0, 0.1) is 19.8 Å². The normalized spacial score (nSPS) is 16.3. The second-order valence-corrected chi connectivity index (χ2v) is 6.85. The maximum absolute atomic E-state index is 12.5. The van der Waals surface area contributed by atoms with Gasteiger partial charge < -0.3 is 10.3 Å². The second kappa shape index (κ2) is 7.19. The Morgan fingerprint density at radius 2 is 1.81 bits per heavy atom. The first kappa shape index (κ1) is 18.6. The first-order chi connectivity index (χ1) is 12.8. The van der Waals surface area contributed by atoms with Gasteiger partial charge in [0.2, 0.25) is 11.8 Å². The number of carbonyl (C=O) groups excluding carboxylic acids is 4. The molecule has 0 aliphatic carbocycles. The summed E-state index contributed by atoms with van der Waals surface area (Å²) in [6.45, 7) is 4.98. The van der Waals surface area contributed by atoms with Gasteiger partial charge in [-0.1, -0.05) is 12.1 Å². The Bertz CT molecular complexity index is 941. The Kier molecular flexibility index (Phi) is 4.94. The fraction of sp³-hybridized carbons (Fsp3) is 0.300. The third kappa shape index (κ3) is 3.81. The minimum atomic E-state index is -0.340. The Balaban J connectivity index is 1.69. The predicted octanol–water partition coefficient (Wildman–Crippen LogP) is 2.29. The van der Waals surface area contributed by atoms with E-state index in [-0.39, 0.29) is 35.8 Å². The number of Topliss-reactive ketones (excluding diaryl/α,β-unsaturated/α-hetero) is 1. The quantitative estimate of drug-likeness (QED) is 0.556. The van der Waals surface area contributed by atoms with E-state index in [4.69, 9.17) is 0 Å². The zero-order valence-electron chi connectivity index (χ0n) is 15.4. The van der Waals surface area contributed by atoms with Crippen LogP contribution in [0.4, 0.5) is 5.69 Å². The third-order valence-corrected chi connectivity index (χ3v) is 4.78. The van der Waals surface area contributed by atoms with Gasteiger partial charge in [0, 0.05) is 23.4 Å². The van der Waals surface area contributed by atoms with Gasteiger partial charge >= 0.3 is 0 Å². The minimum absolute atomic E-state index is 0.0842. The molecule has 7 nitrogen and oxygen atoms in total. The molecule has 1 aromatic carbocycles. The minimum Gasteiger partial charge on any atom is -0.354 e. The summed E-state index contributed by atoms with van der Waals surface area (Å²) in [7, 11) is 0. The van der Waals surface area contributed by atoms with E-state index in [0.717, 1.165) is 5.56 Å². The topological polar surface area (TPSA) is 108 Å². The van der Waals surface area contributed by atoms with Crippen LogP contribution in [-0.2, 0) is 16.0 Å². The van der Waals surface area contributed by atoms with Crippen LogP contribution in [0.15, 0.2) is 24.3 Å². The van der Waals surface area contributed by atoms with Gasteiger partial charge in [0.25, 0.3) is 5.91 Å². The molecule has 1 aromatic heterocycles. The smallest absolute Gasteiger partial charge is 0.272 e. The van der Waals surface area contributed by atoms with Crippen LogP contribution in [0.25, 0.3) is 0 Å². The van der Waals surface area contributed by atoms with Crippen LogP contribution < -0.4 is 10.6 Å². The van der Waals surface area contributed by atoms with Gasteiger partial charge in [-0.25, -0.2) is 0 Å². The number of hydrogen-bond acceptors (Lipinski definition) is 4. The Morgan fingerprint density at radius 1 is 1.15 bits per heavy atom. The van der Waals surface area contributed by atoms with Gasteiger partial charge in [-0.3, -0.25) is 24.5 Å². The molecule has 0 radical (unpaired) electrons. The summed E-state index contributed by atoms with van der Waals surface area (Å²) in [5, 5.41) is 5.10. The van der Waals surface area contributed by atoms with E-state index in [1.165, 1.54) is 6.92 Å². The molecular formula is C20H21N3O4. The van der Waals surface area contributed by atoms with Crippen LogP contribution in [0.1, 0.15) is 51.0 Å². The van der Waals surface area contributed by atoms with Gasteiger partial charge in [0.05, 0.1) is 5.92 Å². The highest BCUT2D eigenvalue weighted by molar-refractivity contribution is 6.07. The SMILES string of the molecule is CC(=O)c1c(C)[nH]c(C(=O)Nc2ccc(CC3CC(=O)NC3=O)cc2)c1C. The molecule has 140 valence electrons. The van der Waals surface area contributed by atoms with Crippen molar-refractivity contribution in [2.75, 3.05) is 5.32 Å². The summed E-state index contributed by atoms with van der Waals surface area (Å²) in [4.78, 5) is 50.1. The lowest BCUT2D eigenvalue weighted by Crippen LogP contribution is -2.22. The number of carbonyl (C=O) groups is 4. The van der Waals surface area contributed by atoms with Crippen LogP contribution in [0.3, 0.4) is 0 Å². The van der Waals surface area contributed by atoms with Crippen molar-refractivity contribution in [2.45, 2.75) is 33.6 Å². The number of imide groups is 1. The molecule has 1 aliphatic heterocycles. The number of benzene rings is 1. The molecule has 3 N–H and O–H groups in total. The zero-order chi connectivity index (χ0) is 19.7. The van der Waals surface area contributed by atoms with Crippen molar-refractivity contribution < 1.29 is 19.2 Å². The maximum atomic E-state index is 12.5. The van der Waals surface area contributed by atoms with Crippen molar-refractivity contribution in [3.63, 3.8) is 0 Å². The van der Waals surface area contributed by atoms with Gasteiger partial charge in [0.1, 0.15) is 5.69 Å². The first-order valence-corrected chi connectivity index (χ1v) is 8.70. The number of nitrogens with one attached hydrogen (secondary N) is 3. The molecule has 7 heteroatoms. The van der Waals surface area contributed by atoms with Crippen LogP contribution in [0.2, 0.25) is 0 Å². The second-order valence-electron chi connectivity index (χ2n) is 6.85. The number of aromatic amines is 1. The van der Waals surface area contributed by atoms with Gasteiger partial charge in [-0.05, 0) is 50.5 Å². The van der Waals surface area contributed by atoms with Gasteiger partial charge in [0.15, 0.2) is 5.78 Å². The summed E-state index contributed by atoms with van der Waals surface area (Å²) >= 11 is 0. The number of hydrogen-bond donors (Lipinski definition) is 3. The van der Waals surface area contributed by atoms with E-state index in [0.29, 0.717) is 34.6 Å². The molecule has 3 rings (SSSR count). The molecule has 2 aromatic rings. The van der Waals surface area contributed by atoms with Crippen molar-refractivity contribution >= 4 is 29.2 Å². The lowest BCUT2D eigenvalue weighted by atomic mass is 9.98. The first-order valence-electron chi connectivity index (χ1n) is 8.70. The van der Waals surface area contributed by atoms with Crippen molar-refractivity contribution in [3.8, 4) is 0 Å². The summed E-state index contributed by atoms with van der Waals surface area (Å²) < 4.78 is 0. The molecule has 1 aliphatic rings. The van der Waals surface area contributed by atoms with Crippen molar-refractivity contribution in [2.24, 2.45) is 5.92 Å². The Hall–Kier alpha value is -3.22. The molecule has 27 heavy (non-hydrogen) atoms. The number of rotatable bonds is 5. The van der Waals surface area contributed by atoms with E-state index in [1.54, 1.807) is 26.0 Å². The Labute approximate surface area is 156 Å². The summed E-state index contributed by atoms with van der Waals surface area (Å²) in [6.07, 6.45) is 0.684. The molecule has 0 spiro atoms.